The number of pyridine rings is 1. The molecule has 2 N–H and O–H groups in total. The van der Waals surface area contributed by atoms with Crippen molar-refractivity contribution in [3.05, 3.63) is 124 Å². The molecule has 0 spiro atoms. The molecule has 0 fully saturated rings. The number of carbonyl (C=O) groups is 2. The van der Waals surface area contributed by atoms with Gasteiger partial charge in [-0.05, 0) is 60.3 Å². The van der Waals surface area contributed by atoms with Crippen LogP contribution in [0.1, 0.15) is 31.8 Å². The molecule has 6 rings (SSSR count). The van der Waals surface area contributed by atoms with Gasteiger partial charge in [0.2, 0.25) is 0 Å². The summed E-state index contributed by atoms with van der Waals surface area (Å²) >= 11 is 8.28. The van der Waals surface area contributed by atoms with E-state index >= 15 is 0 Å². The Kier molecular flexibility index (Phi) is 6.60. The molecule has 0 atom stereocenters. The average Bonchev–Trinajstić information content (AvgIpc) is 3.43. The molecule has 3 aromatic carbocycles. The van der Waals surface area contributed by atoms with E-state index in [1.165, 1.54) is 0 Å². The predicted octanol–water partition coefficient (Wildman–Crippen LogP) is 7.93. The molecule has 1 aliphatic rings. The first kappa shape index (κ1) is 24.9. The number of thiophene rings is 1. The Bertz CT molecular complexity index is 1720. The second-order valence-electron chi connectivity index (χ2n) is 9.17. The van der Waals surface area contributed by atoms with Crippen LogP contribution in [0.3, 0.4) is 0 Å². The number of fused-ring (bicyclic) bond motifs is 2. The molecule has 8 heteroatoms. The molecule has 39 heavy (non-hydrogen) atoms. The van der Waals surface area contributed by atoms with Crippen molar-refractivity contribution in [1.29, 1.82) is 0 Å². The third-order valence-corrected chi connectivity index (χ3v) is 7.88. The van der Waals surface area contributed by atoms with Gasteiger partial charge in [-0.2, -0.15) is 0 Å². The largest absolute Gasteiger partial charge is 0.338 e. The van der Waals surface area contributed by atoms with Crippen molar-refractivity contribution in [1.82, 2.24) is 4.98 Å². The quantitative estimate of drug-likeness (QED) is 0.238. The van der Waals surface area contributed by atoms with Gasteiger partial charge < -0.3 is 15.5 Å². The van der Waals surface area contributed by atoms with Crippen LogP contribution in [0.5, 0.6) is 0 Å². The second kappa shape index (κ2) is 10.4. The zero-order valence-corrected chi connectivity index (χ0v) is 22.5. The van der Waals surface area contributed by atoms with Crippen molar-refractivity contribution in [2.75, 3.05) is 15.5 Å². The van der Waals surface area contributed by atoms with Crippen LogP contribution in [-0.2, 0) is 6.54 Å². The molecule has 1 aliphatic heterocycles. The van der Waals surface area contributed by atoms with Crippen molar-refractivity contribution in [2.24, 2.45) is 0 Å². The van der Waals surface area contributed by atoms with E-state index in [1.54, 1.807) is 40.6 Å². The number of aryl methyl sites for hydroxylation is 1. The first-order valence-electron chi connectivity index (χ1n) is 12.4. The van der Waals surface area contributed by atoms with Gasteiger partial charge in [0.25, 0.3) is 11.8 Å². The Labute approximate surface area is 234 Å². The molecular formula is C31H23ClN4O2S. The summed E-state index contributed by atoms with van der Waals surface area (Å²) in [5.74, 6) is 0.229. The molecule has 0 bridgehead atoms. The van der Waals surface area contributed by atoms with Gasteiger partial charge in [0.1, 0.15) is 5.82 Å². The summed E-state index contributed by atoms with van der Waals surface area (Å²) < 4.78 is 0. The number of halogens is 1. The predicted molar refractivity (Wildman–Crippen MR) is 158 cm³/mol. The number of nitrogens with one attached hydrogen (secondary N) is 2. The maximum atomic E-state index is 13.9. The minimum Gasteiger partial charge on any atom is -0.338 e. The van der Waals surface area contributed by atoms with Gasteiger partial charge in [0.15, 0.2) is 0 Å². The number of anilines is 4. The Hall–Kier alpha value is -4.46. The summed E-state index contributed by atoms with van der Waals surface area (Å²) in [6, 6.07) is 26.2. The summed E-state index contributed by atoms with van der Waals surface area (Å²) in [5, 5.41) is 8.58. The van der Waals surface area contributed by atoms with E-state index in [2.05, 4.69) is 15.6 Å². The smallest absolute Gasteiger partial charge is 0.260 e. The molecule has 3 heterocycles. The highest BCUT2D eigenvalue weighted by Crippen LogP contribution is 2.37. The van der Waals surface area contributed by atoms with E-state index in [9.17, 15) is 9.59 Å². The van der Waals surface area contributed by atoms with E-state index in [4.69, 9.17) is 11.6 Å². The molecule has 0 aliphatic carbocycles. The van der Waals surface area contributed by atoms with Gasteiger partial charge in [0, 0.05) is 33.5 Å². The van der Waals surface area contributed by atoms with Crippen molar-refractivity contribution < 1.29 is 9.59 Å². The van der Waals surface area contributed by atoms with Gasteiger partial charge in [-0.1, -0.05) is 54.1 Å². The van der Waals surface area contributed by atoms with Gasteiger partial charge in [-0.3, -0.25) is 9.59 Å². The highest BCUT2D eigenvalue weighted by molar-refractivity contribution is 7.13. The summed E-state index contributed by atoms with van der Waals surface area (Å²) in [7, 11) is 0. The van der Waals surface area contributed by atoms with Crippen LogP contribution in [0, 0.1) is 6.92 Å². The van der Waals surface area contributed by atoms with Gasteiger partial charge in [0.05, 0.1) is 28.5 Å². The van der Waals surface area contributed by atoms with E-state index in [-0.39, 0.29) is 16.8 Å². The number of aromatic nitrogens is 1. The molecule has 0 radical (unpaired) electrons. The second-order valence-corrected chi connectivity index (χ2v) is 10.5. The highest BCUT2D eigenvalue weighted by atomic mass is 35.5. The van der Waals surface area contributed by atoms with E-state index in [0.29, 0.717) is 29.2 Å². The van der Waals surface area contributed by atoms with Gasteiger partial charge in [-0.25, -0.2) is 4.98 Å². The van der Waals surface area contributed by atoms with E-state index < -0.39 is 0 Å². The third kappa shape index (κ3) is 4.78. The van der Waals surface area contributed by atoms with Crippen LogP contribution in [0.2, 0.25) is 5.02 Å². The maximum Gasteiger partial charge on any atom is 0.260 e. The number of hydrogen-bond acceptors (Lipinski definition) is 5. The zero-order chi connectivity index (χ0) is 26.9. The molecule has 6 nitrogen and oxygen atoms in total. The van der Waals surface area contributed by atoms with Crippen molar-refractivity contribution >= 4 is 57.6 Å². The fourth-order valence-corrected chi connectivity index (χ4v) is 5.71. The average molecular weight is 551 g/mol. The number of nitrogens with zero attached hydrogens (tertiary/aromatic N) is 2. The van der Waals surface area contributed by atoms with E-state index in [1.807, 2.05) is 79.0 Å². The first-order valence-corrected chi connectivity index (χ1v) is 13.6. The zero-order valence-electron chi connectivity index (χ0n) is 20.9. The lowest BCUT2D eigenvalue weighted by Crippen LogP contribution is -2.30. The lowest BCUT2D eigenvalue weighted by Gasteiger charge is -2.24. The van der Waals surface area contributed by atoms with Crippen LogP contribution >= 0.6 is 22.9 Å². The Morgan fingerprint density at radius 3 is 2.64 bits per heavy atom. The van der Waals surface area contributed by atoms with Crippen molar-refractivity contribution in [2.45, 2.75) is 13.5 Å². The van der Waals surface area contributed by atoms with Crippen LogP contribution < -0.4 is 15.5 Å². The first-order chi connectivity index (χ1) is 19.0. The molecule has 2 aromatic heterocycles. The minimum absolute atomic E-state index is 0.241. The van der Waals surface area contributed by atoms with Crippen molar-refractivity contribution in [3.63, 3.8) is 0 Å². The van der Waals surface area contributed by atoms with Gasteiger partial charge in [-0.15, -0.1) is 11.3 Å². The standard InChI is InChI=1S/C31H23ClN4O2S/c1-19-16-23(31(38)36-18-20-8-6-14-33-29(20)34-25-11-4-5-12-27(25)36)24(32)17-26(19)35-30(37)22-10-3-2-9-21(22)28-13-7-15-39-28/h2-17H,18H2,1H3,(H,33,34)(H,35,37). The Morgan fingerprint density at radius 2 is 1.79 bits per heavy atom. The molecule has 2 amide bonds. The number of hydrogen-bond donors (Lipinski definition) is 2. The van der Waals surface area contributed by atoms with Crippen LogP contribution in [0.4, 0.5) is 22.9 Å². The Morgan fingerprint density at radius 1 is 0.974 bits per heavy atom. The molecule has 0 saturated carbocycles. The summed E-state index contributed by atoms with van der Waals surface area (Å²) in [6.07, 6.45) is 1.72. The Balaban J connectivity index is 1.32. The SMILES string of the molecule is Cc1cc(C(=O)N2Cc3cccnc3Nc3ccccc32)c(Cl)cc1NC(=O)c1ccccc1-c1cccs1. The molecular weight excluding hydrogens is 528 g/mol. The fraction of sp³-hybridized carbons (Fsp3) is 0.0645. The topological polar surface area (TPSA) is 74.3 Å². The van der Waals surface area contributed by atoms with Crippen molar-refractivity contribution in [3.8, 4) is 10.4 Å². The number of rotatable bonds is 4. The molecule has 192 valence electrons. The number of benzene rings is 3. The number of amides is 2. The minimum atomic E-state index is -0.242. The molecule has 0 saturated heterocycles. The van der Waals surface area contributed by atoms with E-state index in [0.717, 1.165) is 32.9 Å². The third-order valence-electron chi connectivity index (χ3n) is 6.66. The van der Waals surface area contributed by atoms with Crippen LogP contribution in [0.25, 0.3) is 10.4 Å². The van der Waals surface area contributed by atoms with Gasteiger partial charge >= 0.3 is 0 Å². The molecule has 0 unspecified atom stereocenters. The highest BCUT2D eigenvalue weighted by Gasteiger charge is 2.27. The normalized spacial score (nSPS) is 12.1. The lowest BCUT2D eigenvalue weighted by molar-refractivity contribution is 0.0984. The maximum absolute atomic E-state index is 13.9. The summed E-state index contributed by atoms with van der Waals surface area (Å²) in [5.41, 5.74) is 5.47. The van der Waals surface area contributed by atoms with Crippen LogP contribution in [-0.4, -0.2) is 16.8 Å². The summed E-state index contributed by atoms with van der Waals surface area (Å²) in [4.78, 5) is 34.4. The van der Waals surface area contributed by atoms with Crippen LogP contribution in [0.15, 0.2) is 96.5 Å². The summed E-state index contributed by atoms with van der Waals surface area (Å²) in [6.45, 7) is 2.18. The number of carbonyl (C=O) groups excluding carboxylic acids is 2. The lowest BCUT2D eigenvalue weighted by atomic mass is 10.0. The molecule has 5 aromatic rings. The monoisotopic (exact) mass is 550 g/mol. The number of para-hydroxylation sites is 2. The fourth-order valence-electron chi connectivity index (χ4n) is 4.70.